The van der Waals surface area contributed by atoms with Crippen LogP contribution in [0.3, 0.4) is 0 Å². The Morgan fingerprint density at radius 1 is 1.20 bits per heavy atom. The van der Waals surface area contributed by atoms with Crippen molar-refractivity contribution in [1.29, 1.82) is 0 Å². The normalized spacial score (nSPS) is 6.60. The monoisotopic (exact) mass is 149 g/mol. The van der Waals surface area contributed by atoms with Gasteiger partial charge in [-0.2, -0.15) is 0 Å². The maximum atomic E-state index is 7.57. The van der Waals surface area contributed by atoms with Gasteiger partial charge in [0.1, 0.15) is 0 Å². The molecule has 2 nitrogen and oxygen atoms in total. The van der Waals surface area contributed by atoms with Crippen LogP contribution in [-0.2, 0) is 0 Å². The van der Waals surface area contributed by atoms with Crippen LogP contribution in [0.25, 0.3) is 0 Å². The summed E-state index contributed by atoms with van der Waals surface area (Å²) < 4.78 is 0. The number of nitrogens with one attached hydrogen (secondary N) is 1. The first-order valence-corrected chi connectivity index (χ1v) is 4.08. The molecule has 0 aliphatic heterocycles. The van der Waals surface area contributed by atoms with Crippen molar-refractivity contribution < 1.29 is 5.11 Å². The van der Waals surface area contributed by atoms with Crippen molar-refractivity contribution in [3.8, 4) is 0 Å². The zero-order valence-electron chi connectivity index (χ0n) is 8.07. The first-order valence-electron chi connectivity index (χ1n) is 4.08. The van der Waals surface area contributed by atoms with E-state index in [-0.39, 0.29) is 6.61 Å². The molecule has 0 aromatic carbocycles. The molecule has 0 saturated carbocycles. The van der Waals surface area contributed by atoms with Gasteiger partial charge in [-0.1, -0.05) is 20.8 Å². The minimum atomic E-state index is 0.250. The summed E-state index contributed by atoms with van der Waals surface area (Å²) in [6.45, 7) is 9.22. The van der Waals surface area contributed by atoms with Crippen molar-refractivity contribution in [2.75, 3.05) is 20.2 Å². The molecule has 66 valence electrons. The van der Waals surface area contributed by atoms with Crippen LogP contribution < -0.4 is 5.32 Å². The molecular formula is C8H23NO. The molecule has 0 aromatic heterocycles. The fraction of sp³-hybridized carbons (Fsp3) is 1.00. The molecule has 0 fully saturated rings. The highest BCUT2D eigenvalue weighted by Gasteiger charge is 1.64. The second kappa shape index (κ2) is 36.4. The van der Waals surface area contributed by atoms with Gasteiger partial charge in [-0.15, -0.1) is 0 Å². The third-order valence-electron chi connectivity index (χ3n) is 0.500. The molecule has 0 spiro atoms. The lowest BCUT2D eigenvalue weighted by molar-refractivity contribution is 0.318. The Kier molecular flexibility index (Phi) is 60.0. The Morgan fingerprint density at radius 3 is 1.50 bits per heavy atom. The van der Waals surface area contributed by atoms with Crippen LogP contribution in [0, 0.1) is 0 Å². The second-order valence-electron chi connectivity index (χ2n) is 1.42. The third kappa shape index (κ3) is 103. The molecule has 10 heavy (non-hydrogen) atoms. The first kappa shape index (κ1) is 16.5. The Bertz CT molecular complexity index is 23.2. The smallest absolute Gasteiger partial charge is 0.0402 e. The molecule has 0 rings (SSSR count). The highest BCUT2D eigenvalue weighted by molar-refractivity contribution is 4.28. The molecule has 0 saturated heterocycles. The van der Waals surface area contributed by atoms with E-state index >= 15 is 0 Å². The molecule has 0 aliphatic rings. The maximum absolute atomic E-state index is 7.57. The molecule has 0 aromatic rings. The molecule has 2 heteroatoms. The summed E-state index contributed by atoms with van der Waals surface area (Å²) in [7, 11) is 1.96. The molecule has 0 unspecified atom stereocenters. The molecule has 0 radical (unpaired) electrons. The minimum Gasteiger partial charge on any atom is -0.397 e. The third-order valence-corrected chi connectivity index (χ3v) is 0.500. The summed E-state index contributed by atoms with van der Waals surface area (Å²) in [4.78, 5) is 0. The molecule has 2 N–H and O–H groups in total. The lowest BCUT2D eigenvalue weighted by atomic mass is 10.5. The number of hydrogen-bond donors (Lipinski definition) is 2. The van der Waals surface area contributed by atoms with Gasteiger partial charge in [0.15, 0.2) is 0 Å². The van der Waals surface area contributed by atoms with E-state index in [0.717, 1.165) is 6.54 Å². The van der Waals surface area contributed by atoms with Crippen LogP contribution in [0.4, 0.5) is 0 Å². The zero-order chi connectivity index (χ0) is 8.83. The molecule has 0 bridgehead atoms. The number of rotatable bonds is 2. The Morgan fingerprint density at radius 2 is 1.50 bits per heavy atom. The Labute approximate surface area is 65.6 Å². The van der Waals surface area contributed by atoms with Gasteiger partial charge in [-0.25, -0.2) is 0 Å². The quantitative estimate of drug-likeness (QED) is 0.625. The highest BCUT2D eigenvalue weighted by atomic mass is 16.2. The largest absolute Gasteiger partial charge is 0.397 e. The predicted octanol–water partition coefficient (Wildman–Crippen LogP) is 1.64. The van der Waals surface area contributed by atoms with E-state index in [4.69, 9.17) is 5.11 Å². The molecule has 0 amide bonds. The van der Waals surface area contributed by atoms with Gasteiger partial charge in [-0.3, -0.25) is 0 Å². The topological polar surface area (TPSA) is 32.3 Å². The molecule has 0 heterocycles. The Balaban J connectivity index is -0.0000000847. The van der Waals surface area contributed by atoms with Crippen LogP contribution in [0.1, 0.15) is 34.1 Å². The van der Waals surface area contributed by atoms with E-state index in [9.17, 15) is 0 Å². The highest BCUT2D eigenvalue weighted by Crippen LogP contribution is 1.62. The van der Waals surface area contributed by atoms with Crippen LogP contribution in [0.2, 0.25) is 0 Å². The Hall–Kier alpha value is -0.0800. The summed E-state index contributed by atoms with van der Waals surface area (Å²) in [5.74, 6) is 0. The van der Waals surface area contributed by atoms with E-state index in [0.29, 0.717) is 0 Å². The number of aliphatic hydroxyl groups is 1. The van der Waals surface area contributed by atoms with Gasteiger partial charge < -0.3 is 10.4 Å². The van der Waals surface area contributed by atoms with E-state index in [2.05, 4.69) is 12.2 Å². The van der Waals surface area contributed by atoms with E-state index in [1.165, 1.54) is 6.42 Å². The van der Waals surface area contributed by atoms with Gasteiger partial charge in [-0.05, 0) is 26.9 Å². The number of hydrogen-bond acceptors (Lipinski definition) is 2. The molecular weight excluding hydrogens is 126 g/mol. The van der Waals surface area contributed by atoms with Crippen molar-refractivity contribution in [1.82, 2.24) is 5.32 Å². The van der Waals surface area contributed by atoms with Gasteiger partial charge in [0.25, 0.3) is 0 Å². The van der Waals surface area contributed by atoms with Crippen molar-refractivity contribution in [3.63, 3.8) is 0 Å². The first-order chi connectivity index (χ1) is 4.83. The second-order valence-corrected chi connectivity index (χ2v) is 1.42. The van der Waals surface area contributed by atoms with Crippen molar-refractivity contribution in [2.45, 2.75) is 34.1 Å². The van der Waals surface area contributed by atoms with Gasteiger partial charge in [0, 0.05) is 6.61 Å². The fourth-order valence-corrected chi connectivity index (χ4v) is 0.250. The lowest BCUT2D eigenvalue weighted by Gasteiger charge is -1.84. The van der Waals surface area contributed by atoms with Crippen molar-refractivity contribution in [3.05, 3.63) is 0 Å². The SMILES string of the molecule is CC.CCCNC.CCO. The van der Waals surface area contributed by atoms with Crippen LogP contribution in [0.5, 0.6) is 0 Å². The predicted molar refractivity (Wildman–Crippen MR) is 48.3 cm³/mol. The van der Waals surface area contributed by atoms with Gasteiger partial charge >= 0.3 is 0 Å². The summed E-state index contributed by atoms with van der Waals surface area (Å²) >= 11 is 0. The van der Waals surface area contributed by atoms with Crippen LogP contribution >= 0.6 is 0 Å². The molecule has 0 atom stereocenters. The molecule has 0 aliphatic carbocycles. The number of aliphatic hydroxyl groups excluding tert-OH is 1. The van der Waals surface area contributed by atoms with E-state index in [1.807, 2.05) is 20.9 Å². The zero-order valence-corrected chi connectivity index (χ0v) is 8.07. The summed E-state index contributed by atoms with van der Waals surface area (Å²) in [5.41, 5.74) is 0. The van der Waals surface area contributed by atoms with Crippen molar-refractivity contribution in [2.24, 2.45) is 0 Å². The fourth-order valence-electron chi connectivity index (χ4n) is 0.250. The van der Waals surface area contributed by atoms with Crippen molar-refractivity contribution >= 4 is 0 Å². The van der Waals surface area contributed by atoms with Gasteiger partial charge in [0.2, 0.25) is 0 Å². The average molecular weight is 149 g/mol. The lowest BCUT2D eigenvalue weighted by Crippen LogP contribution is -2.04. The summed E-state index contributed by atoms with van der Waals surface area (Å²) in [6, 6.07) is 0. The van der Waals surface area contributed by atoms with Crippen LogP contribution in [-0.4, -0.2) is 25.3 Å². The summed E-state index contributed by atoms with van der Waals surface area (Å²) in [5, 5.41) is 10.6. The average Bonchev–Trinajstić information content (AvgIpc) is 1.96. The van der Waals surface area contributed by atoms with E-state index in [1.54, 1.807) is 6.92 Å². The standard InChI is InChI=1S/C4H11N.C2H6O.C2H6/c1-3-4-5-2;1-2-3;1-2/h5H,3-4H2,1-2H3;3H,2H2,1H3;1-2H3. The van der Waals surface area contributed by atoms with Crippen LogP contribution in [0.15, 0.2) is 0 Å². The maximum Gasteiger partial charge on any atom is 0.0402 e. The minimum absolute atomic E-state index is 0.250. The van der Waals surface area contributed by atoms with E-state index < -0.39 is 0 Å². The van der Waals surface area contributed by atoms with Gasteiger partial charge in [0.05, 0.1) is 0 Å². The summed E-state index contributed by atoms with van der Waals surface area (Å²) in [6.07, 6.45) is 1.23.